The lowest BCUT2D eigenvalue weighted by Gasteiger charge is -2.28. The number of fused-ring (bicyclic) bond motifs is 1. The van der Waals surface area contributed by atoms with E-state index in [9.17, 15) is 13.2 Å². The van der Waals surface area contributed by atoms with Gasteiger partial charge >= 0.3 is 0 Å². The van der Waals surface area contributed by atoms with Crippen LogP contribution in [0.25, 0.3) is 0 Å². The minimum Gasteiger partial charge on any atom is -0.484 e. The molecule has 6 nitrogen and oxygen atoms in total. The van der Waals surface area contributed by atoms with Gasteiger partial charge in [0, 0.05) is 23.8 Å². The topological polar surface area (TPSA) is 75.7 Å². The predicted molar refractivity (Wildman–Crippen MR) is 120 cm³/mol. The maximum atomic E-state index is 12.9. The molecule has 0 bridgehead atoms. The number of halogens is 1. The number of rotatable bonds is 6. The van der Waals surface area contributed by atoms with Crippen molar-refractivity contribution in [3.05, 3.63) is 88.9 Å². The van der Waals surface area contributed by atoms with Crippen molar-refractivity contribution in [2.45, 2.75) is 17.9 Å². The van der Waals surface area contributed by atoms with E-state index in [4.69, 9.17) is 16.3 Å². The van der Waals surface area contributed by atoms with Crippen LogP contribution >= 0.6 is 11.6 Å². The number of hydrogen-bond donors (Lipinski definition) is 1. The van der Waals surface area contributed by atoms with Gasteiger partial charge in [-0.25, -0.2) is 8.42 Å². The molecule has 0 fully saturated rings. The SMILES string of the molecule is O=C(COc1ccc(Cl)cc1)Nc1ccc2c(c1)CN(S(=O)(=O)c1ccccc1)CC2. The molecule has 0 aromatic heterocycles. The predicted octanol–water partition coefficient (Wildman–Crippen LogP) is 4.10. The van der Waals surface area contributed by atoms with Crippen LogP contribution in [0, 0.1) is 0 Å². The molecule has 0 saturated heterocycles. The third-order valence-electron chi connectivity index (χ3n) is 5.03. The monoisotopic (exact) mass is 456 g/mol. The van der Waals surface area contributed by atoms with E-state index < -0.39 is 10.0 Å². The molecular formula is C23H21ClN2O4S. The third-order valence-corrected chi connectivity index (χ3v) is 7.14. The summed E-state index contributed by atoms with van der Waals surface area (Å²) in [5, 5.41) is 3.39. The summed E-state index contributed by atoms with van der Waals surface area (Å²) in [6, 6.07) is 20.7. The highest BCUT2D eigenvalue weighted by atomic mass is 35.5. The van der Waals surface area contributed by atoms with Crippen molar-refractivity contribution >= 4 is 33.2 Å². The summed E-state index contributed by atoms with van der Waals surface area (Å²) >= 11 is 5.84. The number of sulfonamides is 1. The summed E-state index contributed by atoms with van der Waals surface area (Å²) in [6.07, 6.45) is 0.620. The Morgan fingerprint density at radius 3 is 2.48 bits per heavy atom. The van der Waals surface area contributed by atoms with Crippen molar-refractivity contribution in [3.63, 3.8) is 0 Å². The van der Waals surface area contributed by atoms with Crippen molar-refractivity contribution in [1.29, 1.82) is 0 Å². The van der Waals surface area contributed by atoms with Crippen LogP contribution in [0.15, 0.2) is 77.7 Å². The van der Waals surface area contributed by atoms with Crippen molar-refractivity contribution in [2.75, 3.05) is 18.5 Å². The van der Waals surface area contributed by atoms with E-state index in [1.54, 1.807) is 54.6 Å². The fourth-order valence-electron chi connectivity index (χ4n) is 3.43. The first-order valence-electron chi connectivity index (χ1n) is 9.77. The Hall–Kier alpha value is -2.87. The number of hydrogen-bond acceptors (Lipinski definition) is 4. The normalized spacial score (nSPS) is 14.0. The second kappa shape index (κ2) is 9.09. The molecule has 8 heteroatoms. The van der Waals surface area contributed by atoms with Gasteiger partial charge in [-0.15, -0.1) is 0 Å². The molecule has 1 amide bonds. The van der Waals surface area contributed by atoms with E-state index in [1.165, 1.54) is 4.31 Å². The van der Waals surface area contributed by atoms with Gasteiger partial charge in [0.1, 0.15) is 5.75 Å². The average molecular weight is 457 g/mol. The molecule has 4 rings (SSSR count). The van der Waals surface area contributed by atoms with E-state index in [0.717, 1.165) is 11.1 Å². The zero-order valence-corrected chi connectivity index (χ0v) is 18.2. The highest BCUT2D eigenvalue weighted by Gasteiger charge is 2.28. The summed E-state index contributed by atoms with van der Waals surface area (Å²) in [7, 11) is -3.57. The fourth-order valence-corrected chi connectivity index (χ4v) is 5.00. The summed E-state index contributed by atoms with van der Waals surface area (Å²) in [5.74, 6) is 0.242. The fraction of sp³-hybridized carbons (Fsp3) is 0.174. The molecule has 0 atom stereocenters. The van der Waals surface area contributed by atoms with Crippen molar-refractivity contribution < 1.29 is 17.9 Å². The molecule has 31 heavy (non-hydrogen) atoms. The van der Waals surface area contributed by atoms with E-state index in [-0.39, 0.29) is 24.0 Å². The average Bonchev–Trinajstić information content (AvgIpc) is 2.79. The van der Waals surface area contributed by atoms with Gasteiger partial charge in [0.2, 0.25) is 10.0 Å². The van der Waals surface area contributed by atoms with Crippen molar-refractivity contribution in [2.24, 2.45) is 0 Å². The lowest BCUT2D eigenvalue weighted by atomic mass is 10.0. The Kier molecular flexibility index (Phi) is 6.27. The third kappa shape index (κ3) is 5.07. The number of nitrogens with zero attached hydrogens (tertiary/aromatic N) is 1. The summed E-state index contributed by atoms with van der Waals surface area (Å²) in [5.41, 5.74) is 2.56. The van der Waals surface area contributed by atoms with Gasteiger partial charge in [0.25, 0.3) is 5.91 Å². The second-order valence-corrected chi connectivity index (χ2v) is 9.55. The van der Waals surface area contributed by atoms with Crippen LogP contribution in [0.2, 0.25) is 5.02 Å². The highest BCUT2D eigenvalue weighted by molar-refractivity contribution is 7.89. The van der Waals surface area contributed by atoms with Crippen LogP contribution < -0.4 is 10.1 Å². The number of anilines is 1. The van der Waals surface area contributed by atoms with Crippen LogP contribution in [0.5, 0.6) is 5.75 Å². The van der Waals surface area contributed by atoms with Crippen LogP contribution in [0.3, 0.4) is 0 Å². The molecule has 0 aliphatic carbocycles. The lowest BCUT2D eigenvalue weighted by molar-refractivity contribution is -0.118. The maximum Gasteiger partial charge on any atom is 0.262 e. The van der Waals surface area contributed by atoms with E-state index in [2.05, 4.69) is 5.32 Å². The van der Waals surface area contributed by atoms with Crippen molar-refractivity contribution in [3.8, 4) is 5.75 Å². The molecule has 1 aliphatic heterocycles. The lowest BCUT2D eigenvalue weighted by Crippen LogP contribution is -2.36. The molecule has 160 valence electrons. The Balaban J connectivity index is 1.42. The van der Waals surface area contributed by atoms with Gasteiger partial charge in [0.05, 0.1) is 4.90 Å². The molecular weight excluding hydrogens is 436 g/mol. The number of nitrogens with one attached hydrogen (secondary N) is 1. The molecule has 0 saturated carbocycles. The summed E-state index contributed by atoms with van der Waals surface area (Å²) in [6.45, 7) is 0.537. The first kappa shape index (κ1) is 21.4. The quantitative estimate of drug-likeness (QED) is 0.605. The first-order chi connectivity index (χ1) is 14.9. The first-order valence-corrected chi connectivity index (χ1v) is 11.6. The van der Waals surface area contributed by atoms with Crippen LogP contribution in [-0.2, 0) is 27.8 Å². The maximum absolute atomic E-state index is 12.9. The zero-order chi connectivity index (χ0) is 21.8. The number of carbonyl (C=O) groups excluding carboxylic acids is 1. The molecule has 3 aromatic rings. The van der Waals surface area contributed by atoms with E-state index >= 15 is 0 Å². The molecule has 0 spiro atoms. The minimum absolute atomic E-state index is 0.146. The number of carbonyl (C=O) groups is 1. The van der Waals surface area contributed by atoms with Gasteiger partial charge in [-0.1, -0.05) is 35.9 Å². The minimum atomic E-state index is -3.57. The molecule has 3 aromatic carbocycles. The Bertz CT molecular complexity index is 1180. The van der Waals surface area contributed by atoms with Crippen LogP contribution in [-0.4, -0.2) is 31.8 Å². The van der Waals surface area contributed by atoms with E-state index in [1.807, 2.05) is 18.2 Å². The Morgan fingerprint density at radius 2 is 1.74 bits per heavy atom. The van der Waals surface area contributed by atoms with Crippen LogP contribution in [0.1, 0.15) is 11.1 Å². The molecule has 0 unspecified atom stereocenters. The van der Waals surface area contributed by atoms with Gasteiger partial charge in [-0.05, 0) is 66.1 Å². The van der Waals surface area contributed by atoms with Gasteiger partial charge in [-0.3, -0.25) is 4.79 Å². The Labute approximate surface area is 186 Å². The molecule has 1 N–H and O–H groups in total. The molecule has 1 heterocycles. The number of benzene rings is 3. The standard InChI is InChI=1S/C23H21ClN2O4S/c24-19-7-10-21(11-8-19)30-16-23(27)25-20-9-6-17-12-13-26(15-18(17)14-20)31(28,29)22-4-2-1-3-5-22/h1-11,14H,12-13,15-16H2,(H,25,27). The summed E-state index contributed by atoms with van der Waals surface area (Å²) < 4.78 is 32.8. The molecule has 0 radical (unpaired) electrons. The highest BCUT2D eigenvalue weighted by Crippen LogP contribution is 2.27. The smallest absolute Gasteiger partial charge is 0.262 e. The van der Waals surface area contributed by atoms with Crippen LogP contribution in [0.4, 0.5) is 5.69 Å². The van der Waals surface area contributed by atoms with E-state index in [0.29, 0.717) is 29.4 Å². The number of amides is 1. The second-order valence-electron chi connectivity index (χ2n) is 7.18. The zero-order valence-electron chi connectivity index (χ0n) is 16.6. The van der Waals surface area contributed by atoms with Gasteiger partial charge in [-0.2, -0.15) is 4.31 Å². The summed E-state index contributed by atoms with van der Waals surface area (Å²) in [4.78, 5) is 12.5. The molecule has 1 aliphatic rings. The Morgan fingerprint density at radius 1 is 1.00 bits per heavy atom. The van der Waals surface area contributed by atoms with Gasteiger partial charge < -0.3 is 10.1 Å². The van der Waals surface area contributed by atoms with Gasteiger partial charge in [0.15, 0.2) is 6.61 Å². The number of ether oxygens (including phenoxy) is 1. The largest absolute Gasteiger partial charge is 0.484 e. The van der Waals surface area contributed by atoms with Crippen molar-refractivity contribution in [1.82, 2.24) is 4.31 Å².